The Labute approximate surface area is 136 Å². The lowest BCUT2D eigenvalue weighted by atomic mass is 9.71. The van der Waals surface area contributed by atoms with E-state index < -0.39 is 5.54 Å². The Bertz CT molecular complexity index is 738. The average Bonchev–Trinajstić information content (AvgIpc) is 2.91. The van der Waals surface area contributed by atoms with E-state index in [4.69, 9.17) is 0 Å². The van der Waals surface area contributed by atoms with Crippen molar-refractivity contribution in [1.29, 1.82) is 0 Å². The minimum absolute atomic E-state index is 0.229. The monoisotopic (exact) mass is 333 g/mol. The van der Waals surface area contributed by atoms with Gasteiger partial charge in [0, 0.05) is 12.3 Å². The van der Waals surface area contributed by atoms with Crippen LogP contribution in [-0.2, 0) is 10.3 Å². The van der Waals surface area contributed by atoms with Gasteiger partial charge in [-0.15, -0.1) is 11.3 Å². The van der Waals surface area contributed by atoms with Crippen LogP contribution in [0.25, 0.3) is 0 Å². The van der Waals surface area contributed by atoms with Crippen molar-refractivity contribution >= 4 is 28.3 Å². The number of nitrogens with zero attached hydrogens (tertiary/aromatic N) is 1. The van der Waals surface area contributed by atoms with Gasteiger partial charge in [-0.1, -0.05) is 12.1 Å². The fraction of sp³-hybridized carbons (Fsp3) is 0.312. The molecule has 0 bridgehead atoms. The number of nitrogens with one attached hydrogen (secondary N) is 2. The fourth-order valence-electron chi connectivity index (χ4n) is 2.65. The van der Waals surface area contributed by atoms with Crippen LogP contribution in [0.4, 0.5) is 9.52 Å². The first kappa shape index (κ1) is 15.6. The van der Waals surface area contributed by atoms with Crippen molar-refractivity contribution in [1.82, 2.24) is 10.3 Å². The molecule has 0 unspecified atom stereocenters. The first-order chi connectivity index (χ1) is 11.0. The van der Waals surface area contributed by atoms with Gasteiger partial charge in [0.25, 0.3) is 5.91 Å². The van der Waals surface area contributed by atoms with E-state index in [9.17, 15) is 14.0 Å². The summed E-state index contributed by atoms with van der Waals surface area (Å²) >= 11 is 1.20. The molecule has 1 aromatic heterocycles. The lowest BCUT2D eigenvalue weighted by Crippen LogP contribution is -2.50. The molecule has 5 nitrogen and oxygen atoms in total. The molecule has 1 saturated carbocycles. The highest BCUT2D eigenvalue weighted by Gasteiger charge is 2.40. The smallest absolute Gasteiger partial charge is 0.271 e. The maximum atomic E-state index is 13.1. The van der Waals surface area contributed by atoms with Crippen molar-refractivity contribution in [3.8, 4) is 0 Å². The molecule has 0 saturated heterocycles. The number of rotatable bonds is 4. The van der Waals surface area contributed by atoms with Crippen LogP contribution in [0.1, 0.15) is 42.2 Å². The van der Waals surface area contributed by atoms with Crippen LogP contribution in [0, 0.1) is 5.82 Å². The van der Waals surface area contributed by atoms with E-state index in [1.54, 1.807) is 17.5 Å². The van der Waals surface area contributed by atoms with Gasteiger partial charge < -0.3 is 10.6 Å². The third-order valence-electron chi connectivity index (χ3n) is 3.98. The molecule has 2 N–H and O–H groups in total. The summed E-state index contributed by atoms with van der Waals surface area (Å²) in [5, 5.41) is 7.58. The Balaban J connectivity index is 1.76. The normalized spacial score (nSPS) is 15.6. The number of aromatic nitrogens is 1. The molecule has 120 valence electrons. The van der Waals surface area contributed by atoms with E-state index in [1.165, 1.54) is 30.4 Å². The van der Waals surface area contributed by atoms with Crippen LogP contribution in [0.15, 0.2) is 29.6 Å². The summed E-state index contributed by atoms with van der Waals surface area (Å²) in [4.78, 5) is 27.6. The minimum Gasteiger partial charge on any atom is -0.341 e. The molecule has 23 heavy (non-hydrogen) atoms. The number of anilines is 1. The summed E-state index contributed by atoms with van der Waals surface area (Å²) in [7, 11) is 0. The van der Waals surface area contributed by atoms with E-state index in [1.807, 2.05) is 0 Å². The standard InChI is InChI=1S/C16H16FN3O2S/c1-10(21)18-15-19-13(9-23-15)14(22)20-16(7-2-8-16)11-3-5-12(17)6-4-11/h3-6,9H,2,7-8H2,1H3,(H,20,22)(H,18,19,21). The first-order valence-corrected chi connectivity index (χ1v) is 8.18. The van der Waals surface area contributed by atoms with Crippen molar-refractivity contribution in [3.05, 3.63) is 46.7 Å². The van der Waals surface area contributed by atoms with Gasteiger partial charge in [0.1, 0.15) is 11.5 Å². The minimum atomic E-state index is -0.456. The van der Waals surface area contributed by atoms with Crippen LogP contribution < -0.4 is 10.6 Å². The predicted molar refractivity (Wildman–Crippen MR) is 85.8 cm³/mol. The lowest BCUT2D eigenvalue weighted by molar-refractivity contribution is -0.114. The molecule has 1 fully saturated rings. The number of amides is 2. The number of carbonyl (C=O) groups is 2. The molecular weight excluding hydrogens is 317 g/mol. The Morgan fingerprint density at radius 1 is 1.26 bits per heavy atom. The number of hydrogen-bond donors (Lipinski definition) is 2. The zero-order valence-electron chi connectivity index (χ0n) is 12.6. The van der Waals surface area contributed by atoms with Crippen molar-refractivity contribution < 1.29 is 14.0 Å². The summed E-state index contributed by atoms with van der Waals surface area (Å²) in [5.74, 6) is -0.816. The predicted octanol–water partition coefficient (Wildman–Crippen LogP) is 3.05. The van der Waals surface area contributed by atoms with Crippen LogP contribution in [0.2, 0.25) is 0 Å². The second kappa shape index (κ2) is 6.08. The highest BCUT2D eigenvalue weighted by molar-refractivity contribution is 7.14. The van der Waals surface area contributed by atoms with E-state index in [-0.39, 0.29) is 23.3 Å². The zero-order valence-corrected chi connectivity index (χ0v) is 13.4. The molecule has 1 aliphatic rings. The molecule has 0 spiro atoms. The zero-order chi connectivity index (χ0) is 16.4. The van der Waals surface area contributed by atoms with Crippen molar-refractivity contribution in [2.45, 2.75) is 31.7 Å². The highest BCUT2D eigenvalue weighted by atomic mass is 32.1. The number of hydrogen-bond acceptors (Lipinski definition) is 4. The van der Waals surface area contributed by atoms with E-state index in [0.717, 1.165) is 24.8 Å². The summed E-state index contributed by atoms with van der Waals surface area (Å²) in [6.45, 7) is 1.39. The van der Waals surface area contributed by atoms with Crippen LogP contribution in [0.5, 0.6) is 0 Å². The summed E-state index contributed by atoms with van der Waals surface area (Å²) < 4.78 is 13.1. The van der Waals surface area contributed by atoms with Gasteiger partial charge in [-0.05, 0) is 37.0 Å². The summed E-state index contributed by atoms with van der Waals surface area (Å²) in [5.41, 5.74) is 0.714. The highest BCUT2D eigenvalue weighted by Crippen LogP contribution is 2.41. The molecule has 1 heterocycles. The average molecular weight is 333 g/mol. The third kappa shape index (κ3) is 3.24. The molecule has 1 aliphatic carbocycles. The third-order valence-corrected chi connectivity index (χ3v) is 4.73. The Hall–Kier alpha value is -2.28. The van der Waals surface area contributed by atoms with Gasteiger partial charge in [0.2, 0.25) is 5.91 Å². The van der Waals surface area contributed by atoms with Gasteiger partial charge in [0.15, 0.2) is 5.13 Å². The van der Waals surface area contributed by atoms with Crippen molar-refractivity contribution in [2.24, 2.45) is 0 Å². The van der Waals surface area contributed by atoms with Crippen molar-refractivity contribution in [3.63, 3.8) is 0 Å². The number of benzene rings is 1. The summed E-state index contributed by atoms with van der Waals surface area (Å²) in [6, 6.07) is 6.22. The van der Waals surface area contributed by atoms with Crippen LogP contribution in [-0.4, -0.2) is 16.8 Å². The molecule has 2 amide bonds. The SMILES string of the molecule is CC(=O)Nc1nc(C(=O)NC2(c3ccc(F)cc3)CCC2)cs1. The Kier molecular flexibility index (Phi) is 4.12. The molecule has 2 aromatic rings. The first-order valence-electron chi connectivity index (χ1n) is 7.30. The summed E-state index contributed by atoms with van der Waals surface area (Å²) in [6.07, 6.45) is 2.63. The molecule has 3 rings (SSSR count). The maximum Gasteiger partial charge on any atom is 0.271 e. The van der Waals surface area contributed by atoms with E-state index in [2.05, 4.69) is 15.6 Å². The van der Waals surface area contributed by atoms with Gasteiger partial charge in [-0.2, -0.15) is 0 Å². The quantitative estimate of drug-likeness (QED) is 0.903. The van der Waals surface area contributed by atoms with Crippen LogP contribution in [0.3, 0.4) is 0 Å². The number of thiazole rings is 1. The van der Waals surface area contributed by atoms with Gasteiger partial charge in [0.05, 0.1) is 5.54 Å². The lowest BCUT2D eigenvalue weighted by Gasteiger charge is -2.43. The maximum absolute atomic E-state index is 13.1. The van der Waals surface area contributed by atoms with Gasteiger partial charge >= 0.3 is 0 Å². The van der Waals surface area contributed by atoms with Crippen molar-refractivity contribution in [2.75, 3.05) is 5.32 Å². The largest absolute Gasteiger partial charge is 0.341 e. The molecule has 1 aromatic carbocycles. The molecular formula is C16H16FN3O2S. The number of carbonyl (C=O) groups excluding carboxylic acids is 2. The second-order valence-electron chi connectivity index (χ2n) is 5.62. The Morgan fingerprint density at radius 2 is 1.96 bits per heavy atom. The number of halogens is 1. The van der Waals surface area contributed by atoms with E-state index >= 15 is 0 Å². The Morgan fingerprint density at radius 3 is 2.52 bits per heavy atom. The van der Waals surface area contributed by atoms with Gasteiger partial charge in [-0.3, -0.25) is 9.59 Å². The molecule has 0 aliphatic heterocycles. The molecule has 7 heteroatoms. The van der Waals surface area contributed by atoms with Gasteiger partial charge in [-0.25, -0.2) is 9.37 Å². The topological polar surface area (TPSA) is 71.1 Å². The molecule has 0 atom stereocenters. The van der Waals surface area contributed by atoms with E-state index in [0.29, 0.717) is 5.13 Å². The van der Waals surface area contributed by atoms with Crippen LogP contribution >= 0.6 is 11.3 Å². The fourth-order valence-corrected chi connectivity index (χ4v) is 3.39. The second-order valence-corrected chi connectivity index (χ2v) is 6.47. The molecule has 0 radical (unpaired) electrons.